The summed E-state index contributed by atoms with van der Waals surface area (Å²) < 4.78 is 55.9. The van der Waals surface area contributed by atoms with E-state index in [9.17, 15) is 16.8 Å². The fraction of sp³-hybridized carbons (Fsp3) is 0.588. The van der Waals surface area contributed by atoms with E-state index < -0.39 is 25.1 Å². The first-order chi connectivity index (χ1) is 13.4. The van der Waals surface area contributed by atoms with Gasteiger partial charge in [0.15, 0.2) is 15.6 Å². The molecule has 0 saturated carbocycles. The van der Waals surface area contributed by atoms with Gasteiger partial charge in [-0.3, -0.25) is 0 Å². The monoisotopic (exact) mass is 443 g/mol. The predicted octanol–water partition coefficient (Wildman–Crippen LogP) is 0.763. The lowest BCUT2D eigenvalue weighted by atomic mass is 10.1. The number of hydrogen-bond donors (Lipinski definition) is 0. The molecular weight excluding hydrogens is 418 g/mol. The van der Waals surface area contributed by atoms with Crippen LogP contribution in [0.15, 0.2) is 10.7 Å². The lowest BCUT2D eigenvalue weighted by Crippen LogP contribution is -2.36. The Morgan fingerprint density at radius 2 is 1.93 bits per heavy atom. The minimum Gasteiger partial charge on any atom is -0.356 e. The van der Waals surface area contributed by atoms with E-state index in [1.165, 1.54) is 7.05 Å². The molecule has 0 amide bonds. The average Bonchev–Trinajstić information content (AvgIpc) is 3.17. The quantitative estimate of drug-likeness (QED) is 0.636. The van der Waals surface area contributed by atoms with Gasteiger partial charge in [0, 0.05) is 32.9 Å². The molecule has 0 radical (unpaired) electrons. The molecule has 29 heavy (non-hydrogen) atoms. The number of rotatable bonds is 6. The molecular formula is C17H25N5O5S2. The van der Waals surface area contributed by atoms with Crippen molar-refractivity contribution >= 4 is 25.8 Å². The molecule has 3 rings (SSSR count). The van der Waals surface area contributed by atoms with Crippen molar-refractivity contribution < 1.29 is 21.4 Å². The van der Waals surface area contributed by atoms with Crippen LogP contribution in [0.5, 0.6) is 0 Å². The van der Waals surface area contributed by atoms with E-state index in [4.69, 9.17) is 4.52 Å². The number of aromatic nitrogens is 3. The molecule has 1 saturated heterocycles. The number of anilines is 1. The maximum atomic E-state index is 12.9. The number of sulfonamides is 1. The fourth-order valence-corrected chi connectivity index (χ4v) is 7.38. The zero-order chi connectivity index (χ0) is 21.6. The number of nitrogens with zero attached hydrogens (tertiary/aromatic N) is 5. The van der Waals surface area contributed by atoms with Crippen molar-refractivity contribution in [3.8, 4) is 11.3 Å². The first kappa shape index (κ1) is 21.7. The predicted molar refractivity (Wildman–Crippen MR) is 109 cm³/mol. The molecule has 0 bridgehead atoms. The molecule has 3 heterocycles. The van der Waals surface area contributed by atoms with Gasteiger partial charge in [-0.15, -0.1) is 0 Å². The third-order valence-corrected chi connectivity index (χ3v) is 9.30. The van der Waals surface area contributed by atoms with E-state index in [-0.39, 0.29) is 24.5 Å². The summed E-state index contributed by atoms with van der Waals surface area (Å²) in [4.78, 5) is 10.5. The fourth-order valence-electron chi connectivity index (χ4n) is 3.15. The molecule has 1 fully saturated rings. The second kappa shape index (κ2) is 7.65. The topological polar surface area (TPSA) is 127 Å². The van der Waals surface area contributed by atoms with Crippen LogP contribution in [-0.2, 0) is 26.4 Å². The van der Waals surface area contributed by atoms with Gasteiger partial charge in [0.1, 0.15) is 0 Å². The van der Waals surface area contributed by atoms with Crippen molar-refractivity contribution in [2.24, 2.45) is 0 Å². The lowest BCUT2D eigenvalue weighted by Gasteiger charge is -2.22. The molecule has 2 aromatic rings. The summed E-state index contributed by atoms with van der Waals surface area (Å²) in [5.41, 5.74) is 2.55. The van der Waals surface area contributed by atoms with Crippen LogP contribution in [0.3, 0.4) is 0 Å². The van der Waals surface area contributed by atoms with Gasteiger partial charge in [-0.25, -0.2) is 26.8 Å². The molecule has 0 unspecified atom stereocenters. The zero-order valence-corrected chi connectivity index (χ0v) is 18.7. The summed E-state index contributed by atoms with van der Waals surface area (Å²) in [5.74, 6) is 0.453. The maximum absolute atomic E-state index is 12.9. The Balaban J connectivity index is 1.98. The summed E-state index contributed by atoms with van der Waals surface area (Å²) in [6.07, 6.45) is 1.69. The largest absolute Gasteiger partial charge is 0.356 e. The van der Waals surface area contributed by atoms with Crippen molar-refractivity contribution in [1.82, 2.24) is 19.4 Å². The molecule has 0 N–H and O–H groups in total. The standard InChI is InChI=1S/C17H25N5O5S2/c1-11-12(2)20-27-16(11)14-8-18-17(21(3)4)19-15(14)9-22(5)29(25,26)13-6-7-28(23,24)10-13/h8,13H,6-7,9-10H2,1-5H3/t13-/m0/s1. The Bertz CT molecular complexity index is 1130. The van der Waals surface area contributed by atoms with Gasteiger partial charge in [0.25, 0.3) is 0 Å². The van der Waals surface area contributed by atoms with Gasteiger partial charge >= 0.3 is 0 Å². The second-order valence-electron chi connectivity index (χ2n) is 7.47. The SMILES string of the molecule is Cc1noc(-c2cnc(N(C)C)nc2CN(C)S(=O)(=O)[C@H]2CCS(=O)(=O)C2)c1C. The van der Waals surface area contributed by atoms with Crippen molar-refractivity contribution in [3.05, 3.63) is 23.1 Å². The highest BCUT2D eigenvalue weighted by atomic mass is 32.2. The van der Waals surface area contributed by atoms with Crippen molar-refractivity contribution in [1.29, 1.82) is 0 Å². The van der Waals surface area contributed by atoms with Crippen LogP contribution in [0.2, 0.25) is 0 Å². The van der Waals surface area contributed by atoms with E-state index >= 15 is 0 Å². The Labute approximate surface area is 170 Å². The first-order valence-electron chi connectivity index (χ1n) is 9.04. The van der Waals surface area contributed by atoms with E-state index in [0.29, 0.717) is 23.0 Å². The lowest BCUT2D eigenvalue weighted by molar-refractivity contribution is 0.423. The molecule has 2 aromatic heterocycles. The van der Waals surface area contributed by atoms with Crippen molar-refractivity contribution in [2.45, 2.75) is 32.1 Å². The summed E-state index contributed by atoms with van der Waals surface area (Å²) in [7, 11) is -2.13. The molecule has 1 aliphatic rings. The Hall–Kier alpha value is -2.05. The summed E-state index contributed by atoms with van der Waals surface area (Å²) >= 11 is 0. The van der Waals surface area contributed by atoms with E-state index in [2.05, 4.69) is 15.1 Å². The number of hydrogen-bond acceptors (Lipinski definition) is 9. The molecule has 1 atom stereocenters. The molecule has 0 aromatic carbocycles. The molecule has 0 spiro atoms. The Kier molecular flexibility index (Phi) is 5.71. The highest BCUT2D eigenvalue weighted by Gasteiger charge is 2.39. The second-order valence-corrected chi connectivity index (χ2v) is 12.0. The van der Waals surface area contributed by atoms with Gasteiger partial charge in [-0.2, -0.15) is 4.31 Å². The minimum atomic E-state index is -3.81. The van der Waals surface area contributed by atoms with E-state index in [1.807, 2.05) is 13.8 Å². The van der Waals surface area contributed by atoms with Crippen molar-refractivity contribution in [2.75, 3.05) is 37.5 Å². The van der Waals surface area contributed by atoms with Gasteiger partial charge in [-0.1, -0.05) is 5.16 Å². The minimum absolute atomic E-state index is 0.0449. The molecule has 160 valence electrons. The molecule has 0 aliphatic carbocycles. The van der Waals surface area contributed by atoms with E-state index in [1.54, 1.807) is 25.2 Å². The van der Waals surface area contributed by atoms with Crippen LogP contribution in [0.1, 0.15) is 23.4 Å². The average molecular weight is 444 g/mol. The van der Waals surface area contributed by atoms with Crippen LogP contribution < -0.4 is 4.90 Å². The summed E-state index contributed by atoms with van der Waals surface area (Å²) in [5, 5.41) is 3.02. The summed E-state index contributed by atoms with van der Waals surface area (Å²) in [6.45, 7) is 3.62. The van der Waals surface area contributed by atoms with Gasteiger partial charge in [0.05, 0.1) is 40.3 Å². The summed E-state index contributed by atoms with van der Waals surface area (Å²) in [6, 6.07) is 0. The van der Waals surface area contributed by atoms with Crippen LogP contribution in [0.25, 0.3) is 11.3 Å². The van der Waals surface area contributed by atoms with E-state index in [0.717, 1.165) is 15.6 Å². The zero-order valence-electron chi connectivity index (χ0n) is 17.1. The van der Waals surface area contributed by atoms with Crippen LogP contribution in [0, 0.1) is 13.8 Å². The third-order valence-electron chi connectivity index (χ3n) is 5.08. The third kappa shape index (κ3) is 4.28. The number of aryl methyl sites for hydroxylation is 1. The van der Waals surface area contributed by atoms with Gasteiger partial charge in [-0.05, 0) is 20.3 Å². The number of sulfone groups is 1. The van der Waals surface area contributed by atoms with Gasteiger partial charge < -0.3 is 9.42 Å². The first-order valence-corrected chi connectivity index (χ1v) is 12.4. The Morgan fingerprint density at radius 3 is 2.45 bits per heavy atom. The molecule has 1 aliphatic heterocycles. The van der Waals surface area contributed by atoms with Crippen LogP contribution >= 0.6 is 0 Å². The smallest absolute Gasteiger partial charge is 0.225 e. The normalized spacial score (nSPS) is 19.0. The molecule has 12 heteroatoms. The van der Waals surface area contributed by atoms with Crippen LogP contribution in [0.4, 0.5) is 5.95 Å². The molecule has 10 nitrogen and oxygen atoms in total. The highest BCUT2D eigenvalue weighted by Crippen LogP contribution is 2.30. The van der Waals surface area contributed by atoms with Gasteiger partial charge in [0.2, 0.25) is 16.0 Å². The van der Waals surface area contributed by atoms with Crippen LogP contribution in [-0.4, -0.2) is 74.2 Å². The highest BCUT2D eigenvalue weighted by molar-refractivity contribution is 7.95. The maximum Gasteiger partial charge on any atom is 0.225 e. The van der Waals surface area contributed by atoms with Crippen molar-refractivity contribution in [3.63, 3.8) is 0 Å². The Morgan fingerprint density at radius 1 is 1.24 bits per heavy atom.